The van der Waals surface area contributed by atoms with Gasteiger partial charge in [0.05, 0.1) is 17.1 Å². The topological polar surface area (TPSA) is 68.0 Å². The summed E-state index contributed by atoms with van der Waals surface area (Å²) in [7, 11) is 0. The fraction of sp³-hybridized carbons (Fsp3) is 0.240. The van der Waals surface area contributed by atoms with Crippen LogP contribution < -0.4 is 14.9 Å². The zero-order valence-electron chi connectivity index (χ0n) is 17.8. The van der Waals surface area contributed by atoms with Crippen molar-refractivity contribution in [1.82, 2.24) is 4.68 Å². The number of allylic oxidation sites excluding steroid dienone is 2. The van der Waals surface area contributed by atoms with Gasteiger partial charge in [0.2, 0.25) is 4.80 Å². The molecular weight excluding hydrogens is 420 g/mol. The summed E-state index contributed by atoms with van der Waals surface area (Å²) in [6.07, 6.45) is 9.70. The molecule has 1 N–H and O–H groups in total. The van der Waals surface area contributed by atoms with Crippen molar-refractivity contribution in [2.45, 2.75) is 26.2 Å². The molecule has 2 aliphatic rings. The summed E-state index contributed by atoms with van der Waals surface area (Å²) in [6.45, 7) is 2.11. The quantitative estimate of drug-likeness (QED) is 0.439. The number of benzene rings is 2. The van der Waals surface area contributed by atoms with Gasteiger partial charge in [0.25, 0.3) is 5.91 Å². The monoisotopic (exact) mass is 444 g/mol. The van der Waals surface area contributed by atoms with E-state index in [0.717, 1.165) is 41.0 Å². The number of aromatic nitrogens is 1. The minimum atomic E-state index is -0.147. The molecule has 0 spiro atoms. The first kappa shape index (κ1) is 20.5. The van der Waals surface area contributed by atoms with E-state index in [2.05, 4.69) is 41.9 Å². The maximum Gasteiger partial charge on any atom is 0.262 e. The largest absolute Gasteiger partial charge is 0.482 e. The Morgan fingerprint density at radius 2 is 2.06 bits per heavy atom. The summed E-state index contributed by atoms with van der Waals surface area (Å²) in [5.41, 5.74) is 4.63. The van der Waals surface area contributed by atoms with Crippen molar-refractivity contribution in [2.75, 3.05) is 11.9 Å². The third-order valence-electron chi connectivity index (χ3n) is 5.55. The fourth-order valence-corrected chi connectivity index (χ4v) is 4.63. The minimum Gasteiger partial charge on any atom is -0.482 e. The maximum absolute atomic E-state index is 11.8. The van der Waals surface area contributed by atoms with Gasteiger partial charge in [-0.25, -0.2) is 9.67 Å². The number of thiazole rings is 1. The van der Waals surface area contributed by atoms with E-state index in [1.165, 1.54) is 5.56 Å². The third kappa shape index (κ3) is 4.43. The van der Waals surface area contributed by atoms with E-state index in [4.69, 9.17) is 14.8 Å². The van der Waals surface area contributed by atoms with E-state index in [1.54, 1.807) is 11.3 Å². The Labute approximate surface area is 190 Å². The summed E-state index contributed by atoms with van der Waals surface area (Å²) >= 11 is 1.54. The zero-order chi connectivity index (χ0) is 21.9. The molecule has 1 unspecified atom stereocenters. The number of aryl methyl sites for hydroxylation is 1. The van der Waals surface area contributed by atoms with Gasteiger partial charge in [0.1, 0.15) is 5.75 Å². The predicted octanol–water partition coefficient (Wildman–Crippen LogP) is 5.28. The third-order valence-corrected chi connectivity index (χ3v) is 6.37. The van der Waals surface area contributed by atoms with Crippen LogP contribution in [0.1, 0.15) is 24.8 Å². The van der Waals surface area contributed by atoms with Crippen molar-refractivity contribution in [3.05, 3.63) is 70.4 Å². The van der Waals surface area contributed by atoms with Gasteiger partial charge < -0.3 is 10.1 Å². The summed E-state index contributed by atoms with van der Waals surface area (Å²) in [5, 5.41) is 9.80. The number of nitrogens with zero attached hydrogens (tertiary/aromatic N) is 3. The Hall–Kier alpha value is -3.45. The standard InChI is InChI=1S/C25H24N4O2S/c1-17-7-10-20(11-8-17)27-25-29(26-14-18-5-3-2-4-6-18)22(16-32-25)19-9-12-23-21(13-19)28-24(30)15-31-23/h2-3,7-14,16,18H,4-6,15H2,1H3,(H,28,30). The van der Waals surface area contributed by atoms with Crippen LogP contribution in [-0.2, 0) is 4.79 Å². The molecule has 1 atom stereocenters. The van der Waals surface area contributed by atoms with Crippen LogP contribution in [0, 0.1) is 12.8 Å². The van der Waals surface area contributed by atoms with Crippen molar-refractivity contribution in [3.63, 3.8) is 0 Å². The Kier molecular flexibility index (Phi) is 5.73. The Balaban J connectivity index is 1.58. The molecule has 0 saturated heterocycles. The number of nitrogens with one attached hydrogen (secondary N) is 1. The highest BCUT2D eigenvalue weighted by molar-refractivity contribution is 7.07. The van der Waals surface area contributed by atoms with Crippen molar-refractivity contribution < 1.29 is 9.53 Å². The zero-order valence-corrected chi connectivity index (χ0v) is 18.6. The van der Waals surface area contributed by atoms with Crippen LogP contribution in [0.15, 0.2) is 70.1 Å². The molecule has 162 valence electrons. The first-order chi connectivity index (χ1) is 15.7. The second-order valence-electron chi connectivity index (χ2n) is 8.02. The number of carbonyl (C=O) groups is 1. The Bertz CT molecular complexity index is 1270. The van der Waals surface area contributed by atoms with Crippen LogP contribution in [0.2, 0.25) is 0 Å². The first-order valence-electron chi connectivity index (χ1n) is 10.7. The molecule has 2 aromatic carbocycles. The molecule has 0 fully saturated rings. The summed E-state index contributed by atoms with van der Waals surface area (Å²) in [5.74, 6) is 0.951. The summed E-state index contributed by atoms with van der Waals surface area (Å²) < 4.78 is 7.41. The number of ether oxygens (including phenoxy) is 1. The molecule has 1 amide bonds. The highest BCUT2D eigenvalue weighted by atomic mass is 32.1. The van der Waals surface area contributed by atoms with Crippen LogP contribution >= 0.6 is 11.3 Å². The van der Waals surface area contributed by atoms with E-state index < -0.39 is 0 Å². The molecule has 1 aromatic heterocycles. The maximum atomic E-state index is 11.8. The van der Waals surface area contributed by atoms with Crippen LogP contribution in [0.5, 0.6) is 5.75 Å². The Morgan fingerprint density at radius 1 is 1.19 bits per heavy atom. The first-order valence-corrected chi connectivity index (χ1v) is 11.6. The number of rotatable bonds is 4. The van der Waals surface area contributed by atoms with E-state index in [-0.39, 0.29) is 12.5 Å². The van der Waals surface area contributed by atoms with Gasteiger partial charge >= 0.3 is 0 Å². The van der Waals surface area contributed by atoms with Gasteiger partial charge in [0.15, 0.2) is 6.61 Å². The molecule has 3 aromatic rings. The second-order valence-corrected chi connectivity index (χ2v) is 8.86. The van der Waals surface area contributed by atoms with E-state index in [1.807, 2.05) is 41.2 Å². The smallest absolute Gasteiger partial charge is 0.262 e. The van der Waals surface area contributed by atoms with Gasteiger partial charge in [-0.15, -0.1) is 11.3 Å². The molecule has 1 aliphatic heterocycles. The van der Waals surface area contributed by atoms with Crippen LogP contribution in [-0.4, -0.2) is 23.4 Å². The SMILES string of the molecule is Cc1ccc(N=c2scc(-c3ccc4c(c3)NC(=O)CO4)n2N=CC2CC=CCC2)cc1. The number of carbonyl (C=O) groups excluding carboxylic acids is 1. The van der Waals surface area contributed by atoms with Gasteiger partial charge in [-0.1, -0.05) is 29.8 Å². The number of hydrogen-bond donors (Lipinski definition) is 1. The van der Waals surface area contributed by atoms with E-state index in [0.29, 0.717) is 17.4 Å². The average molecular weight is 445 g/mol. The molecule has 0 radical (unpaired) electrons. The molecule has 6 nitrogen and oxygen atoms in total. The number of amides is 1. The lowest BCUT2D eigenvalue weighted by molar-refractivity contribution is -0.118. The molecular formula is C25H24N4O2S. The second kappa shape index (κ2) is 8.96. The highest BCUT2D eigenvalue weighted by Crippen LogP contribution is 2.33. The van der Waals surface area contributed by atoms with Crippen molar-refractivity contribution in [3.8, 4) is 17.0 Å². The number of hydrogen-bond acceptors (Lipinski definition) is 5. The van der Waals surface area contributed by atoms with E-state index in [9.17, 15) is 4.79 Å². The average Bonchev–Trinajstić information content (AvgIpc) is 3.21. The molecule has 5 rings (SSSR count). The van der Waals surface area contributed by atoms with Gasteiger partial charge in [-0.05, 0) is 62.4 Å². The van der Waals surface area contributed by atoms with Gasteiger partial charge in [-0.2, -0.15) is 5.10 Å². The molecule has 0 saturated carbocycles. The molecule has 0 bridgehead atoms. The number of fused-ring (bicyclic) bond motifs is 1. The van der Waals surface area contributed by atoms with Crippen molar-refractivity contribution in [1.29, 1.82) is 0 Å². The summed E-state index contributed by atoms with van der Waals surface area (Å²) in [4.78, 5) is 17.4. The lowest BCUT2D eigenvalue weighted by atomic mass is 9.96. The molecule has 1 aliphatic carbocycles. The number of anilines is 1. The van der Waals surface area contributed by atoms with Crippen LogP contribution in [0.3, 0.4) is 0 Å². The van der Waals surface area contributed by atoms with Gasteiger partial charge in [0, 0.05) is 17.2 Å². The predicted molar refractivity (Wildman–Crippen MR) is 129 cm³/mol. The molecule has 32 heavy (non-hydrogen) atoms. The summed E-state index contributed by atoms with van der Waals surface area (Å²) in [6, 6.07) is 13.9. The molecule has 2 heterocycles. The normalized spacial score (nSPS) is 18.5. The van der Waals surface area contributed by atoms with Crippen LogP contribution in [0.4, 0.5) is 11.4 Å². The fourth-order valence-electron chi connectivity index (χ4n) is 3.77. The van der Waals surface area contributed by atoms with E-state index >= 15 is 0 Å². The minimum absolute atomic E-state index is 0.0461. The lowest BCUT2D eigenvalue weighted by Gasteiger charge is -2.18. The Morgan fingerprint density at radius 3 is 2.88 bits per heavy atom. The van der Waals surface area contributed by atoms with Crippen LogP contribution in [0.25, 0.3) is 11.3 Å². The molecule has 7 heteroatoms. The van der Waals surface area contributed by atoms with Crippen molar-refractivity contribution in [2.24, 2.45) is 16.0 Å². The lowest BCUT2D eigenvalue weighted by Crippen LogP contribution is -2.25. The highest BCUT2D eigenvalue weighted by Gasteiger charge is 2.18. The van der Waals surface area contributed by atoms with Crippen molar-refractivity contribution >= 4 is 34.8 Å². The van der Waals surface area contributed by atoms with Gasteiger partial charge in [-0.3, -0.25) is 4.79 Å².